The van der Waals surface area contributed by atoms with E-state index in [0.29, 0.717) is 12.2 Å². The number of aromatic nitrogens is 2. The molecule has 0 atom stereocenters. The number of hydrogen-bond acceptors (Lipinski definition) is 7. The highest BCUT2D eigenvalue weighted by molar-refractivity contribution is 5.60. The first-order chi connectivity index (χ1) is 16.8. The average Bonchev–Trinajstić information content (AvgIpc) is 3.26. The molecule has 0 aliphatic carbocycles. The molecule has 2 aliphatic heterocycles. The van der Waals surface area contributed by atoms with Crippen molar-refractivity contribution in [2.75, 3.05) is 56.4 Å². The van der Waals surface area contributed by atoms with Crippen LogP contribution < -0.4 is 14.5 Å². The van der Waals surface area contributed by atoms with E-state index in [-0.39, 0.29) is 6.79 Å². The lowest BCUT2D eigenvalue weighted by Gasteiger charge is -2.37. The van der Waals surface area contributed by atoms with Gasteiger partial charge in [0.2, 0.25) is 0 Å². The maximum Gasteiger partial charge on any atom is 0.188 e. The number of hydrogen-bond donors (Lipinski definition) is 0. The van der Waals surface area contributed by atoms with Crippen LogP contribution in [-0.4, -0.2) is 61.1 Å². The van der Waals surface area contributed by atoms with Crippen molar-refractivity contribution >= 4 is 11.5 Å². The van der Waals surface area contributed by atoms with Crippen molar-refractivity contribution in [2.45, 2.75) is 19.6 Å². The van der Waals surface area contributed by atoms with E-state index in [1.54, 1.807) is 7.11 Å². The minimum Gasteiger partial charge on any atom is -0.465 e. The van der Waals surface area contributed by atoms with E-state index in [2.05, 4.69) is 61.7 Å². The normalized spacial score (nSPS) is 16.2. The van der Waals surface area contributed by atoms with Crippen LogP contribution in [0.1, 0.15) is 17.1 Å². The van der Waals surface area contributed by atoms with Gasteiger partial charge < -0.3 is 23.8 Å². The molecule has 34 heavy (non-hydrogen) atoms. The molecule has 3 aromatic rings. The quantitative estimate of drug-likeness (QED) is 0.504. The van der Waals surface area contributed by atoms with E-state index in [4.69, 9.17) is 14.5 Å². The van der Waals surface area contributed by atoms with Gasteiger partial charge in [-0.15, -0.1) is 0 Å². The number of imidazole rings is 1. The van der Waals surface area contributed by atoms with Crippen LogP contribution in [0.4, 0.5) is 11.5 Å². The Morgan fingerprint density at radius 1 is 0.912 bits per heavy atom. The molecule has 2 aliphatic rings. The third-order valence-corrected chi connectivity index (χ3v) is 6.51. The number of methoxy groups -OCH3 is 1. The van der Waals surface area contributed by atoms with E-state index in [0.717, 1.165) is 68.9 Å². The highest BCUT2D eigenvalue weighted by Crippen LogP contribution is 2.33. The van der Waals surface area contributed by atoms with Crippen molar-refractivity contribution in [2.24, 2.45) is 0 Å². The Labute approximate surface area is 200 Å². The number of ether oxygens (including phenoxy) is 2. The van der Waals surface area contributed by atoms with Crippen molar-refractivity contribution < 1.29 is 9.47 Å². The van der Waals surface area contributed by atoms with Crippen molar-refractivity contribution in [1.29, 1.82) is 5.26 Å². The second-order valence-electron chi connectivity index (χ2n) is 8.65. The third kappa shape index (κ3) is 4.58. The summed E-state index contributed by atoms with van der Waals surface area (Å²) in [6.07, 6.45) is 0. The highest BCUT2D eigenvalue weighted by Gasteiger charge is 2.29. The van der Waals surface area contributed by atoms with Gasteiger partial charge in [0, 0.05) is 52.9 Å². The molecule has 8 nitrogen and oxygen atoms in total. The first kappa shape index (κ1) is 22.3. The predicted octanol–water partition coefficient (Wildman–Crippen LogP) is 3.08. The number of rotatable bonds is 7. The predicted molar refractivity (Wildman–Crippen MR) is 131 cm³/mol. The molecule has 0 spiro atoms. The van der Waals surface area contributed by atoms with Crippen LogP contribution in [-0.2, 0) is 24.4 Å². The summed E-state index contributed by atoms with van der Waals surface area (Å²) in [4.78, 5) is 11.8. The fraction of sp³-hybridized carbons (Fsp3) is 0.385. The summed E-state index contributed by atoms with van der Waals surface area (Å²) in [7, 11) is 1.62. The molecule has 2 aromatic carbocycles. The van der Waals surface area contributed by atoms with E-state index >= 15 is 0 Å². The Balaban J connectivity index is 1.30. The molecule has 0 bridgehead atoms. The van der Waals surface area contributed by atoms with Gasteiger partial charge in [0.05, 0.1) is 12.2 Å². The van der Waals surface area contributed by atoms with Crippen LogP contribution in [0.2, 0.25) is 0 Å². The first-order valence-electron chi connectivity index (χ1n) is 11.7. The van der Waals surface area contributed by atoms with E-state index in [1.807, 2.05) is 18.2 Å². The summed E-state index contributed by atoms with van der Waals surface area (Å²) >= 11 is 0. The standard InChI is InChI=1S/C26H30N6O2/c1-33-20-34-24-10-6-5-9-23(24)31-15-16-32-25(19-31)28-22(17-27)26(32)30-13-11-29(12-14-30)18-21-7-3-2-4-8-21/h2-10H,11-16,18-20H2,1H3. The molecule has 8 heteroatoms. The topological polar surface area (TPSA) is 69.8 Å². The Kier molecular flexibility index (Phi) is 6.65. The van der Waals surface area contributed by atoms with Crippen LogP contribution in [0.5, 0.6) is 5.75 Å². The molecule has 1 saturated heterocycles. The van der Waals surface area contributed by atoms with Crippen LogP contribution in [0.25, 0.3) is 0 Å². The lowest BCUT2D eigenvalue weighted by molar-refractivity contribution is 0.0514. The van der Waals surface area contributed by atoms with Crippen molar-refractivity contribution in [1.82, 2.24) is 14.5 Å². The number of nitrogens with zero attached hydrogens (tertiary/aromatic N) is 6. The van der Waals surface area contributed by atoms with Crippen LogP contribution in [0, 0.1) is 11.3 Å². The lowest BCUT2D eigenvalue weighted by Crippen LogP contribution is -2.47. The molecule has 176 valence electrons. The van der Waals surface area contributed by atoms with Gasteiger partial charge in [-0.05, 0) is 17.7 Å². The molecule has 0 radical (unpaired) electrons. The first-order valence-corrected chi connectivity index (χ1v) is 11.7. The number of anilines is 2. The van der Waals surface area contributed by atoms with Gasteiger partial charge >= 0.3 is 0 Å². The monoisotopic (exact) mass is 458 g/mol. The molecule has 3 heterocycles. The summed E-state index contributed by atoms with van der Waals surface area (Å²) in [5.74, 6) is 2.69. The summed E-state index contributed by atoms with van der Waals surface area (Å²) in [5.41, 5.74) is 2.88. The molecule has 0 unspecified atom stereocenters. The number of nitriles is 1. The zero-order chi connectivity index (χ0) is 23.3. The number of para-hydroxylation sites is 2. The van der Waals surface area contributed by atoms with Gasteiger partial charge in [-0.2, -0.15) is 5.26 Å². The van der Waals surface area contributed by atoms with Crippen LogP contribution in [0.15, 0.2) is 54.6 Å². The van der Waals surface area contributed by atoms with Gasteiger partial charge in [-0.3, -0.25) is 4.90 Å². The summed E-state index contributed by atoms with van der Waals surface area (Å²) in [6, 6.07) is 20.9. The summed E-state index contributed by atoms with van der Waals surface area (Å²) in [6.45, 7) is 7.13. The number of benzene rings is 2. The minimum absolute atomic E-state index is 0.207. The zero-order valence-corrected chi connectivity index (χ0v) is 19.6. The van der Waals surface area contributed by atoms with Crippen molar-refractivity contribution in [3.63, 3.8) is 0 Å². The maximum absolute atomic E-state index is 9.86. The second-order valence-corrected chi connectivity index (χ2v) is 8.65. The van der Waals surface area contributed by atoms with Gasteiger partial charge in [0.25, 0.3) is 0 Å². The Morgan fingerprint density at radius 3 is 2.41 bits per heavy atom. The number of fused-ring (bicyclic) bond motifs is 1. The van der Waals surface area contributed by atoms with E-state index in [1.165, 1.54) is 5.56 Å². The van der Waals surface area contributed by atoms with Gasteiger partial charge in [-0.1, -0.05) is 42.5 Å². The van der Waals surface area contributed by atoms with Gasteiger partial charge in [0.15, 0.2) is 12.5 Å². The largest absolute Gasteiger partial charge is 0.465 e. The Morgan fingerprint density at radius 2 is 1.65 bits per heavy atom. The minimum atomic E-state index is 0.207. The highest BCUT2D eigenvalue weighted by atomic mass is 16.7. The molecular weight excluding hydrogens is 428 g/mol. The maximum atomic E-state index is 9.86. The van der Waals surface area contributed by atoms with Crippen molar-refractivity contribution in [3.05, 3.63) is 71.7 Å². The van der Waals surface area contributed by atoms with E-state index in [9.17, 15) is 5.26 Å². The summed E-state index contributed by atoms with van der Waals surface area (Å²) < 4.78 is 13.1. The Bertz CT molecular complexity index is 1150. The molecule has 5 rings (SSSR count). The molecule has 1 fully saturated rings. The van der Waals surface area contributed by atoms with Crippen molar-refractivity contribution in [3.8, 4) is 11.8 Å². The average molecular weight is 459 g/mol. The van der Waals surface area contributed by atoms with Gasteiger partial charge in [-0.25, -0.2) is 4.98 Å². The molecule has 0 saturated carbocycles. The smallest absolute Gasteiger partial charge is 0.188 e. The molecular formula is C26H30N6O2. The molecule has 0 N–H and O–H groups in total. The number of piperazine rings is 1. The Hall–Kier alpha value is -3.54. The fourth-order valence-corrected chi connectivity index (χ4v) is 4.84. The van der Waals surface area contributed by atoms with Crippen LogP contribution >= 0.6 is 0 Å². The lowest BCUT2D eigenvalue weighted by atomic mass is 10.2. The fourth-order valence-electron chi connectivity index (χ4n) is 4.84. The third-order valence-electron chi connectivity index (χ3n) is 6.51. The molecule has 0 amide bonds. The SMILES string of the molecule is COCOc1ccccc1N1CCn2c(nc(C#N)c2N2CCN(Cc3ccccc3)CC2)C1. The molecule has 1 aromatic heterocycles. The van der Waals surface area contributed by atoms with E-state index < -0.39 is 0 Å². The zero-order valence-electron chi connectivity index (χ0n) is 19.6. The van der Waals surface area contributed by atoms with Gasteiger partial charge in [0.1, 0.15) is 23.5 Å². The van der Waals surface area contributed by atoms with Crippen LogP contribution in [0.3, 0.4) is 0 Å². The summed E-state index contributed by atoms with van der Waals surface area (Å²) in [5, 5.41) is 9.86. The second kappa shape index (κ2) is 10.2.